The van der Waals surface area contributed by atoms with E-state index >= 15 is 0 Å². The lowest BCUT2D eigenvalue weighted by Gasteiger charge is -2.48. The molecule has 0 N–H and O–H groups in total. The fourth-order valence-corrected chi connectivity index (χ4v) is 12.5. The zero-order valence-electron chi connectivity index (χ0n) is 25.2. The first kappa shape index (κ1) is 25.5. The zero-order valence-corrected chi connectivity index (χ0v) is 27.0. The van der Waals surface area contributed by atoms with Crippen LogP contribution < -0.4 is 35.9 Å². The number of anilines is 6. The monoisotopic (exact) mass is 608 g/mol. The minimum Gasteiger partial charge on any atom is -0.312 e. The van der Waals surface area contributed by atoms with Crippen molar-refractivity contribution in [2.24, 2.45) is 0 Å². The van der Waals surface area contributed by atoms with Crippen molar-refractivity contribution in [2.45, 2.75) is 13.1 Å². The van der Waals surface area contributed by atoms with Gasteiger partial charge in [-0.1, -0.05) is 116 Å². The van der Waals surface area contributed by atoms with Crippen LogP contribution in [0, 0.1) is 0 Å². The van der Waals surface area contributed by atoms with Crippen molar-refractivity contribution in [3.63, 3.8) is 0 Å². The number of hydrogen-bond acceptors (Lipinski definition) is 3. The maximum absolute atomic E-state index is 2.63. The Labute approximate surface area is 268 Å². The molecule has 6 aromatic carbocycles. The lowest BCUT2D eigenvalue weighted by Crippen LogP contribution is -2.67. The summed E-state index contributed by atoms with van der Waals surface area (Å²) in [5, 5.41) is 4.36. The van der Waals surface area contributed by atoms with Crippen molar-refractivity contribution in [3.05, 3.63) is 140 Å². The summed E-state index contributed by atoms with van der Waals surface area (Å²) in [4.78, 5) is 5.18. The van der Waals surface area contributed by atoms with Crippen LogP contribution in [-0.4, -0.2) is 14.8 Å². The molecule has 0 bridgehead atoms. The standard InChI is InChI=1S/C40H29BN2SSi/c1-45(2)35-22-12-10-20-31(35)43-33-25-27(26-14-5-3-6-15-26)24-32-37(33)41(30-19-13-23-36(45)39(30)43)40-38(29-18-9-11-21-34(29)44-40)42(32)28-16-7-4-8-17-28/h3-25H,1-2H3. The van der Waals surface area contributed by atoms with Crippen LogP contribution >= 0.6 is 11.3 Å². The third-order valence-corrected chi connectivity index (χ3v) is 14.9. The van der Waals surface area contributed by atoms with Crippen molar-refractivity contribution >= 4 is 96.4 Å². The minimum atomic E-state index is -1.96. The Hall–Kier alpha value is -4.84. The highest BCUT2D eigenvalue weighted by Crippen LogP contribution is 2.49. The van der Waals surface area contributed by atoms with Gasteiger partial charge in [-0.3, -0.25) is 0 Å². The van der Waals surface area contributed by atoms with Gasteiger partial charge in [-0.25, -0.2) is 0 Å². The Morgan fingerprint density at radius 3 is 2.04 bits per heavy atom. The van der Waals surface area contributed by atoms with E-state index in [1.165, 1.54) is 81.4 Å². The third kappa shape index (κ3) is 3.34. The third-order valence-electron chi connectivity index (χ3n) is 10.2. The number of fused-ring (bicyclic) bond motifs is 8. The van der Waals surface area contributed by atoms with Crippen LogP contribution in [-0.2, 0) is 0 Å². The maximum Gasteiger partial charge on any atom is 0.264 e. The molecule has 5 heteroatoms. The molecule has 45 heavy (non-hydrogen) atoms. The van der Waals surface area contributed by atoms with Gasteiger partial charge in [0.1, 0.15) is 8.07 Å². The Balaban J connectivity index is 1.40. The highest BCUT2D eigenvalue weighted by Gasteiger charge is 2.49. The molecule has 0 saturated carbocycles. The molecule has 0 amide bonds. The van der Waals surface area contributed by atoms with Crippen LogP contribution in [0.1, 0.15) is 0 Å². The number of rotatable bonds is 2. The fourth-order valence-electron chi connectivity index (χ4n) is 8.22. The summed E-state index contributed by atoms with van der Waals surface area (Å²) in [7, 11) is -1.96. The van der Waals surface area contributed by atoms with Gasteiger partial charge in [0.05, 0.1) is 5.69 Å². The predicted molar refractivity (Wildman–Crippen MR) is 198 cm³/mol. The quantitative estimate of drug-likeness (QED) is 0.185. The first-order chi connectivity index (χ1) is 22.1. The Morgan fingerprint density at radius 1 is 0.556 bits per heavy atom. The van der Waals surface area contributed by atoms with Gasteiger partial charge in [0.15, 0.2) is 0 Å². The summed E-state index contributed by atoms with van der Waals surface area (Å²) >= 11 is 1.97. The van der Waals surface area contributed by atoms with Crippen LogP contribution in [0.2, 0.25) is 13.1 Å². The van der Waals surface area contributed by atoms with Gasteiger partial charge in [0.25, 0.3) is 6.71 Å². The number of para-hydroxylation sites is 3. The molecule has 0 radical (unpaired) electrons. The van der Waals surface area contributed by atoms with Gasteiger partial charge in [-0.05, 0) is 68.8 Å². The topological polar surface area (TPSA) is 6.48 Å². The average Bonchev–Trinajstić information content (AvgIpc) is 3.47. The lowest BCUT2D eigenvalue weighted by atomic mass is 9.36. The molecular formula is C40H29BN2SSi. The molecule has 7 aromatic rings. The Kier molecular flexibility index (Phi) is 5.15. The van der Waals surface area contributed by atoms with E-state index in [0.717, 1.165) is 0 Å². The molecule has 0 spiro atoms. The summed E-state index contributed by atoms with van der Waals surface area (Å²) in [6, 6.07) is 52.1. The highest BCUT2D eigenvalue weighted by molar-refractivity contribution is 7.33. The predicted octanol–water partition coefficient (Wildman–Crippen LogP) is 7.79. The lowest BCUT2D eigenvalue weighted by molar-refractivity contribution is 1.26. The summed E-state index contributed by atoms with van der Waals surface area (Å²) in [6.07, 6.45) is 0. The van der Waals surface area contributed by atoms with Crippen LogP contribution in [0.15, 0.2) is 140 Å². The molecule has 212 valence electrons. The smallest absolute Gasteiger partial charge is 0.264 e. The van der Waals surface area contributed by atoms with Crippen molar-refractivity contribution in [1.82, 2.24) is 0 Å². The second-order valence-electron chi connectivity index (χ2n) is 12.9. The fraction of sp³-hybridized carbons (Fsp3) is 0.0500. The van der Waals surface area contributed by atoms with Crippen LogP contribution in [0.5, 0.6) is 0 Å². The summed E-state index contributed by atoms with van der Waals surface area (Å²) in [5.41, 5.74) is 13.2. The van der Waals surface area contributed by atoms with Gasteiger partial charge in [-0.15, -0.1) is 11.3 Å². The summed E-state index contributed by atoms with van der Waals surface area (Å²) in [6.45, 7) is 5.22. The second-order valence-corrected chi connectivity index (χ2v) is 18.3. The largest absolute Gasteiger partial charge is 0.312 e. The number of nitrogens with zero attached hydrogens (tertiary/aromatic N) is 2. The SMILES string of the molecule is C[Si]1(C)c2ccccc2N2c3cc(-c4ccccc4)cc4c3B(c3cccc1c32)c1sc2ccccc2c1N4c1ccccc1. The van der Waals surface area contributed by atoms with Crippen molar-refractivity contribution in [2.75, 3.05) is 9.80 Å². The van der Waals surface area contributed by atoms with E-state index in [4.69, 9.17) is 0 Å². The number of hydrogen-bond donors (Lipinski definition) is 0. The van der Waals surface area contributed by atoms with Gasteiger partial charge in [-0.2, -0.15) is 0 Å². The van der Waals surface area contributed by atoms with Gasteiger partial charge < -0.3 is 9.80 Å². The van der Waals surface area contributed by atoms with E-state index in [1.54, 1.807) is 0 Å². The zero-order chi connectivity index (χ0) is 29.9. The van der Waals surface area contributed by atoms with Crippen LogP contribution in [0.3, 0.4) is 0 Å². The summed E-state index contributed by atoms with van der Waals surface area (Å²) < 4.78 is 2.78. The first-order valence-corrected chi connectivity index (χ1v) is 19.6. The molecule has 0 saturated heterocycles. The van der Waals surface area contributed by atoms with Crippen LogP contribution in [0.25, 0.3) is 21.2 Å². The molecule has 2 nitrogen and oxygen atoms in total. The molecule has 0 unspecified atom stereocenters. The molecule has 1 aromatic heterocycles. The molecule has 0 atom stereocenters. The van der Waals surface area contributed by atoms with Gasteiger partial charge >= 0.3 is 0 Å². The molecule has 0 fully saturated rings. The molecule has 3 aliphatic heterocycles. The average molecular weight is 609 g/mol. The first-order valence-electron chi connectivity index (χ1n) is 15.7. The van der Waals surface area contributed by atoms with E-state index in [0.29, 0.717) is 0 Å². The number of thiophene rings is 1. The van der Waals surface area contributed by atoms with E-state index in [9.17, 15) is 0 Å². The second kappa shape index (κ2) is 9.10. The maximum atomic E-state index is 2.63. The van der Waals surface area contributed by atoms with Gasteiger partial charge in [0.2, 0.25) is 0 Å². The van der Waals surface area contributed by atoms with E-state index < -0.39 is 8.07 Å². The van der Waals surface area contributed by atoms with Crippen LogP contribution in [0.4, 0.5) is 34.1 Å². The molecule has 3 aliphatic rings. The van der Waals surface area contributed by atoms with Crippen molar-refractivity contribution < 1.29 is 0 Å². The molecule has 4 heterocycles. The van der Waals surface area contributed by atoms with Crippen molar-refractivity contribution in [1.29, 1.82) is 0 Å². The van der Waals surface area contributed by atoms with Crippen molar-refractivity contribution in [3.8, 4) is 11.1 Å². The normalized spacial score (nSPS) is 14.9. The van der Waals surface area contributed by atoms with Gasteiger partial charge in [0, 0.05) is 43.3 Å². The van der Waals surface area contributed by atoms with E-state index in [2.05, 4.69) is 162 Å². The molecule has 10 rings (SSSR count). The summed E-state index contributed by atoms with van der Waals surface area (Å²) in [5.74, 6) is 0. The molecule has 0 aliphatic carbocycles. The minimum absolute atomic E-state index is 0.161. The van der Waals surface area contributed by atoms with E-state index in [1.807, 2.05) is 11.3 Å². The Morgan fingerprint density at radius 2 is 1.22 bits per heavy atom. The molecular weight excluding hydrogens is 579 g/mol. The van der Waals surface area contributed by atoms with E-state index in [-0.39, 0.29) is 6.71 Å². The Bertz CT molecular complexity index is 2330. The number of benzene rings is 6. The highest BCUT2D eigenvalue weighted by atomic mass is 32.1.